The first-order valence-electron chi connectivity index (χ1n) is 10.7. The summed E-state index contributed by atoms with van der Waals surface area (Å²) in [5.41, 5.74) is 3.70. The SMILES string of the molecule is C=C1NC2=C(C(=O)CCC2)C(c2ccc(OC)c(OC)c2)C1C(=O)OCc1ccccc1. The van der Waals surface area contributed by atoms with Crippen molar-refractivity contribution in [3.05, 3.63) is 83.2 Å². The molecule has 6 nitrogen and oxygen atoms in total. The fourth-order valence-corrected chi connectivity index (χ4v) is 4.50. The number of Topliss-reactive ketones (excluding diaryl/α,β-unsaturated/α-hetero) is 1. The highest BCUT2D eigenvalue weighted by atomic mass is 16.5. The normalized spacial score (nSPS) is 20.3. The van der Waals surface area contributed by atoms with Crippen LogP contribution >= 0.6 is 0 Å². The van der Waals surface area contributed by atoms with Crippen LogP contribution in [0.15, 0.2) is 72.1 Å². The van der Waals surface area contributed by atoms with Gasteiger partial charge in [0.15, 0.2) is 17.3 Å². The Morgan fingerprint density at radius 1 is 1.06 bits per heavy atom. The summed E-state index contributed by atoms with van der Waals surface area (Å²) in [6.45, 7) is 4.28. The molecule has 166 valence electrons. The van der Waals surface area contributed by atoms with Crippen molar-refractivity contribution in [3.63, 3.8) is 0 Å². The van der Waals surface area contributed by atoms with Gasteiger partial charge in [-0.05, 0) is 36.1 Å². The first-order valence-corrected chi connectivity index (χ1v) is 10.7. The Kier molecular flexibility index (Phi) is 6.30. The Morgan fingerprint density at radius 3 is 2.53 bits per heavy atom. The number of allylic oxidation sites excluding steroid dienone is 2. The summed E-state index contributed by atoms with van der Waals surface area (Å²) in [7, 11) is 3.13. The maximum Gasteiger partial charge on any atom is 0.316 e. The van der Waals surface area contributed by atoms with E-state index in [1.54, 1.807) is 20.3 Å². The Bertz CT molecular complexity index is 1070. The second-order valence-electron chi connectivity index (χ2n) is 7.98. The highest BCUT2D eigenvalue weighted by Crippen LogP contribution is 2.46. The van der Waals surface area contributed by atoms with Crippen molar-refractivity contribution < 1.29 is 23.8 Å². The van der Waals surface area contributed by atoms with Gasteiger partial charge in [0.05, 0.1) is 14.2 Å². The first-order chi connectivity index (χ1) is 15.5. The van der Waals surface area contributed by atoms with Crippen molar-refractivity contribution >= 4 is 11.8 Å². The number of hydrogen-bond acceptors (Lipinski definition) is 6. The molecule has 1 N–H and O–H groups in total. The van der Waals surface area contributed by atoms with E-state index in [4.69, 9.17) is 14.2 Å². The lowest BCUT2D eigenvalue weighted by atomic mass is 9.71. The van der Waals surface area contributed by atoms with Crippen molar-refractivity contribution in [3.8, 4) is 11.5 Å². The third kappa shape index (κ3) is 4.13. The van der Waals surface area contributed by atoms with Crippen molar-refractivity contribution in [1.82, 2.24) is 5.32 Å². The van der Waals surface area contributed by atoms with Gasteiger partial charge in [0.25, 0.3) is 0 Å². The molecule has 1 aliphatic heterocycles. The summed E-state index contributed by atoms with van der Waals surface area (Å²) in [6, 6.07) is 15.0. The maximum absolute atomic E-state index is 13.3. The number of hydrogen-bond donors (Lipinski definition) is 1. The number of esters is 1. The van der Waals surface area contributed by atoms with Crippen molar-refractivity contribution in [2.45, 2.75) is 31.8 Å². The number of methoxy groups -OCH3 is 2. The molecule has 0 aromatic heterocycles. The van der Waals surface area contributed by atoms with Crippen LogP contribution in [-0.4, -0.2) is 26.0 Å². The average molecular weight is 434 g/mol. The predicted molar refractivity (Wildman–Crippen MR) is 120 cm³/mol. The summed E-state index contributed by atoms with van der Waals surface area (Å²) in [5, 5.41) is 3.24. The van der Waals surface area contributed by atoms with Gasteiger partial charge in [0, 0.05) is 29.3 Å². The molecule has 1 heterocycles. The van der Waals surface area contributed by atoms with E-state index >= 15 is 0 Å². The van der Waals surface area contributed by atoms with Crippen molar-refractivity contribution in [2.75, 3.05) is 14.2 Å². The summed E-state index contributed by atoms with van der Waals surface area (Å²) in [5.74, 6) is -0.498. The van der Waals surface area contributed by atoms with E-state index in [2.05, 4.69) is 11.9 Å². The molecule has 2 aromatic rings. The number of rotatable bonds is 6. The van der Waals surface area contributed by atoms with E-state index in [-0.39, 0.29) is 12.4 Å². The zero-order chi connectivity index (χ0) is 22.7. The molecule has 2 aliphatic rings. The number of nitrogens with one attached hydrogen (secondary N) is 1. The molecule has 0 amide bonds. The fourth-order valence-electron chi connectivity index (χ4n) is 4.50. The molecule has 0 bridgehead atoms. The van der Waals surface area contributed by atoms with Crippen LogP contribution < -0.4 is 14.8 Å². The van der Waals surface area contributed by atoms with Gasteiger partial charge in [-0.15, -0.1) is 0 Å². The lowest BCUT2D eigenvalue weighted by molar-refractivity contribution is -0.149. The smallest absolute Gasteiger partial charge is 0.316 e. The van der Waals surface area contributed by atoms with Gasteiger partial charge in [-0.1, -0.05) is 43.0 Å². The monoisotopic (exact) mass is 433 g/mol. The highest BCUT2D eigenvalue weighted by molar-refractivity contribution is 6.00. The summed E-state index contributed by atoms with van der Waals surface area (Å²) >= 11 is 0. The van der Waals surface area contributed by atoms with Crippen LogP contribution in [0.3, 0.4) is 0 Å². The molecule has 0 saturated heterocycles. The zero-order valence-corrected chi connectivity index (χ0v) is 18.4. The van der Waals surface area contributed by atoms with Crippen LogP contribution in [0, 0.1) is 5.92 Å². The Morgan fingerprint density at radius 2 is 1.81 bits per heavy atom. The molecule has 32 heavy (non-hydrogen) atoms. The lowest BCUT2D eigenvalue weighted by Gasteiger charge is -2.38. The second kappa shape index (κ2) is 9.30. The molecule has 4 rings (SSSR count). The van der Waals surface area contributed by atoms with Crippen molar-refractivity contribution in [2.24, 2.45) is 5.92 Å². The number of carbonyl (C=O) groups excluding carboxylic acids is 2. The van der Waals surface area contributed by atoms with Crippen LogP contribution in [0.5, 0.6) is 11.5 Å². The molecule has 0 fully saturated rings. The predicted octanol–water partition coefficient (Wildman–Crippen LogP) is 4.27. The minimum absolute atomic E-state index is 0.0481. The zero-order valence-electron chi connectivity index (χ0n) is 18.4. The van der Waals surface area contributed by atoms with Gasteiger partial charge in [-0.2, -0.15) is 0 Å². The van der Waals surface area contributed by atoms with Gasteiger partial charge in [0.2, 0.25) is 0 Å². The minimum atomic E-state index is -0.738. The molecule has 6 heteroatoms. The van der Waals surface area contributed by atoms with Gasteiger partial charge >= 0.3 is 5.97 Å². The van der Waals surface area contributed by atoms with Crippen LogP contribution in [0.1, 0.15) is 36.3 Å². The topological polar surface area (TPSA) is 73.9 Å². The van der Waals surface area contributed by atoms with E-state index in [0.717, 1.165) is 29.7 Å². The quantitative estimate of drug-likeness (QED) is 0.686. The largest absolute Gasteiger partial charge is 0.493 e. The molecule has 2 atom stereocenters. The van der Waals surface area contributed by atoms with Crippen LogP contribution in [0.25, 0.3) is 0 Å². The molecule has 0 saturated carbocycles. The van der Waals surface area contributed by atoms with Gasteiger partial charge < -0.3 is 19.5 Å². The summed E-state index contributed by atoms with van der Waals surface area (Å²) in [6.07, 6.45) is 1.98. The third-order valence-electron chi connectivity index (χ3n) is 6.03. The average Bonchev–Trinajstić information content (AvgIpc) is 2.82. The number of carbonyl (C=O) groups is 2. The van der Waals surface area contributed by atoms with E-state index in [9.17, 15) is 9.59 Å². The van der Waals surface area contributed by atoms with E-state index in [1.807, 2.05) is 42.5 Å². The van der Waals surface area contributed by atoms with E-state index in [1.165, 1.54) is 0 Å². The van der Waals surface area contributed by atoms with E-state index < -0.39 is 17.8 Å². The molecular weight excluding hydrogens is 406 g/mol. The Labute approximate surface area is 187 Å². The minimum Gasteiger partial charge on any atom is -0.493 e. The van der Waals surface area contributed by atoms with Gasteiger partial charge in [-0.25, -0.2) is 0 Å². The summed E-state index contributed by atoms with van der Waals surface area (Å²) < 4.78 is 16.5. The first kappa shape index (κ1) is 21.7. The number of ether oxygens (including phenoxy) is 3. The molecule has 1 aliphatic carbocycles. The fraction of sp³-hybridized carbons (Fsp3) is 0.308. The van der Waals surface area contributed by atoms with Crippen LogP contribution in [0.4, 0.5) is 0 Å². The number of benzene rings is 2. The second-order valence-corrected chi connectivity index (χ2v) is 7.98. The Balaban J connectivity index is 1.73. The lowest BCUT2D eigenvalue weighted by Crippen LogP contribution is -2.41. The van der Waals surface area contributed by atoms with Crippen LogP contribution in [-0.2, 0) is 20.9 Å². The standard InChI is InChI=1S/C26H27NO5/c1-16-23(26(29)32-15-17-8-5-4-6-9-17)24(25-19(27-16)10-7-11-20(25)28)18-12-13-21(30-2)22(14-18)31-3/h4-6,8-9,12-14,23-24,27H,1,7,10-11,15H2,2-3H3. The third-order valence-corrected chi connectivity index (χ3v) is 6.03. The highest BCUT2D eigenvalue weighted by Gasteiger charge is 2.44. The van der Waals surface area contributed by atoms with Crippen molar-refractivity contribution in [1.29, 1.82) is 0 Å². The van der Waals surface area contributed by atoms with Gasteiger partial charge in [0.1, 0.15) is 12.5 Å². The molecule has 0 radical (unpaired) electrons. The Hall–Kier alpha value is -3.54. The summed E-state index contributed by atoms with van der Waals surface area (Å²) in [4.78, 5) is 26.3. The molecule has 2 aromatic carbocycles. The number of ketones is 1. The maximum atomic E-state index is 13.3. The molecule has 2 unspecified atom stereocenters. The van der Waals surface area contributed by atoms with E-state index in [0.29, 0.717) is 29.2 Å². The molecular formula is C26H27NO5. The molecule has 0 spiro atoms. The van der Waals surface area contributed by atoms with Crippen LogP contribution in [0.2, 0.25) is 0 Å². The van der Waals surface area contributed by atoms with Gasteiger partial charge in [-0.3, -0.25) is 9.59 Å².